The van der Waals surface area contributed by atoms with Gasteiger partial charge in [-0.25, -0.2) is 8.78 Å². The van der Waals surface area contributed by atoms with E-state index in [0.717, 1.165) is 10.5 Å². The van der Waals surface area contributed by atoms with Crippen LogP contribution in [0.5, 0.6) is 11.5 Å². The molecular formula is C15H11BrF2O5S. The first kappa shape index (κ1) is 17.1. The molecule has 5 nitrogen and oxygen atoms in total. The van der Waals surface area contributed by atoms with Gasteiger partial charge in [0.15, 0.2) is 23.4 Å². The molecule has 1 heterocycles. The maximum absolute atomic E-state index is 13.5. The SMILES string of the molecule is O=S(=O)(OC[C@H]1COc2c(F)cc(F)cc2O1)c1ccc(Br)cc1. The second-order valence-electron chi connectivity index (χ2n) is 4.96. The second-order valence-corrected chi connectivity index (χ2v) is 7.49. The van der Waals surface area contributed by atoms with Gasteiger partial charge in [-0.05, 0) is 24.3 Å². The van der Waals surface area contributed by atoms with Gasteiger partial charge in [-0.3, -0.25) is 4.18 Å². The predicted molar refractivity (Wildman–Crippen MR) is 83.5 cm³/mol. The lowest BCUT2D eigenvalue weighted by atomic mass is 10.2. The third-order valence-electron chi connectivity index (χ3n) is 3.19. The van der Waals surface area contributed by atoms with Crippen LogP contribution < -0.4 is 9.47 Å². The van der Waals surface area contributed by atoms with Crippen LogP contribution in [-0.4, -0.2) is 27.7 Å². The fraction of sp³-hybridized carbons (Fsp3) is 0.200. The molecule has 2 aromatic carbocycles. The van der Waals surface area contributed by atoms with Gasteiger partial charge in [0.25, 0.3) is 10.1 Å². The highest BCUT2D eigenvalue weighted by Crippen LogP contribution is 2.35. The smallest absolute Gasteiger partial charge is 0.297 e. The van der Waals surface area contributed by atoms with Crippen molar-refractivity contribution >= 4 is 26.0 Å². The lowest BCUT2D eigenvalue weighted by Gasteiger charge is -2.26. The van der Waals surface area contributed by atoms with Crippen molar-refractivity contribution in [3.63, 3.8) is 0 Å². The van der Waals surface area contributed by atoms with Crippen LogP contribution in [0.4, 0.5) is 8.78 Å². The van der Waals surface area contributed by atoms with Crippen molar-refractivity contribution < 1.29 is 30.9 Å². The van der Waals surface area contributed by atoms with Gasteiger partial charge in [-0.15, -0.1) is 0 Å². The van der Waals surface area contributed by atoms with Gasteiger partial charge in [-0.1, -0.05) is 15.9 Å². The monoisotopic (exact) mass is 420 g/mol. The van der Waals surface area contributed by atoms with Gasteiger partial charge in [-0.2, -0.15) is 8.42 Å². The summed E-state index contributed by atoms with van der Waals surface area (Å²) < 4.78 is 67.1. The van der Waals surface area contributed by atoms with Gasteiger partial charge in [0.1, 0.15) is 19.0 Å². The van der Waals surface area contributed by atoms with Crippen molar-refractivity contribution in [3.8, 4) is 11.5 Å². The van der Waals surface area contributed by atoms with Crippen molar-refractivity contribution in [1.82, 2.24) is 0 Å². The van der Waals surface area contributed by atoms with Crippen LogP contribution >= 0.6 is 15.9 Å². The average molecular weight is 421 g/mol. The molecule has 0 saturated heterocycles. The molecule has 0 bridgehead atoms. The van der Waals surface area contributed by atoms with Crippen molar-refractivity contribution in [1.29, 1.82) is 0 Å². The predicted octanol–water partition coefficient (Wildman–Crippen LogP) is 3.27. The van der Waals surface area contributed by atoms with Crippen molar-refractivity contribution in [2.45, 2.75) is 11.0 Å². The Kier molecular flexibility index (Phi) is 4.75. The maximum Gasteiger partial charge on any atom is 0.297 e. The molecule has 0 spiro atoms. The van der Waals surface area contributed by atoms with Crippen LogP contribution in [0.15, 0.2) is 45.8 Å². The molecule has 0 amide bonds. The van der Waals surface area contributed by atoms with Crippen LogP contribution in [-0.2, 0) is 14.3 Å². The minimum atomic E-state index is -3.97. The number of hydrogen-bond donors (Lipinski definition) is 0. The van der Waals surface area contributed by atoms with Crippen molar-refractivity contribution in [2.75, 3.05) is 13.2 Å². The normalized spacial score (nSPS) is 16.9. The molecule has 0 fully saturated rings. The van der Waals surface area contributed by atoms with E-state index < -0.39 is 27.9 Å². The molecule has 0 aliphatic carbocycles. The summed E-state index contributed by atoms with van der Waals surface area (Å²) in [5.74, 6) is -2.04. The van der Waals surface area contributed by atoms with E-state index in [1.165, 1.54) is 12.1 Å². The third kappa shape index (κ3) is 3.68. The van der Waals surface area contributed by atoms with Crippen LogP contribution in [0.2, 0.25) is 0 Å². The zero-order valence-electron chi connectivity index (χ0n) is 12.0. The summed E-state index contributed by atoms with van der Waals surface area (Å²) in [6.07, 6.45) is -0.816. The Labute approximate surface area is 145 Å². The largest absolute Gasteiger partial charge is 0.483 e. The molecule has 0 aromatic heterocycles. The van der Waals surface area contributed by atoms with E-state index in [1.54, 1.807) is 12.1 Å². The molecule has 1 atom stereocenters. The summed E-state index contributed by atoms with van der Waals surface area (Å²) in [5, 5.41) is 0. The first-order valence-corrected chi connectivity index (χ1v) is 8.99. The fourth-order valence-electron chi connectivity index (χ4n) is 2.07. The van der Waals surface area contributed by atoms with E-state index >= 15 is 0 Å². The Hall–Kier alpha value is -1.71. The highest BCUT2D eigenvalue weighted by molar-refractivity contribution is 9.10. The first-order valence-electron chi connectivity index (χ1n) is 6.78. The van der Waals surface area contributed by atoms with Gasteiger partial charge in [0, 0.05) is 16.6 Å². The van der Waals surface area contributed by atoms with Crippen LogP contribution in [0.1, 0.15) is 0 Å². The number of rotatable bonds is 4. The summed E-state index contributed by atoms with van der Waals surface area (Å²) in [4.78, 5) is -0.0140. The molecule has 3 rings (SSSR count). The molecule has 9 heteroatoms. The molecule has 1 aliphatic heterocycles. The van der Waals surface area contributed by atoms with Gasteiger partial charge >= 0.3 is 0 Å². The minimum absolute atomic E-state index is 0.0140. The summed E-state index contributed by atoms with van der Waals surface area (Å²) in [6.45, 7) is -0.471. The second kappa shape index (κ2) is 6.66. The first-order chi connectivity index (χ1) is 11.3. The van der Waals surface area contributed by atoms with E-state index in [2.05, 4.69) is 15.9 Å². The third-order valence-corrected chi connectivity index (χ3v) is 5.02. The van der Waals surface area contributed by atoms with Crippen molar-refractivity contribution in [2.24, 2.45) is 0 Å². The Morgan fingerprint density at radius 3 is 2.62 bits per heavy atom. The minimum Gasteiger partial charge on any atom is -0.483 e. The van der Waals surface area contributed by atoms with E-state index in [4.69, 9.17) is 13.7 Å². The van der Waals surface area contributed by atoms with E-state index in [0.29, 0.717) is 6.07 Å². The molecule has 2 aromatic rings. The van der Waals surface area contributed by atoms with Gasteiger partial charge in [0.05, 0.1) is 4.90 Å². The van der Waals surface area contributed by atoms with Gasteiger partial charge in [0.2, 0.25) is 0 Å². The Morgan fingerprint density at radius 1 is 1.21 bits per heavy atom. The standard InChI is InChI=1S/C15H11BrF2O5S/c16-9-1-3-12(4-2-9)24(19,20)22-8-11-7-21-15-13(18)5-10(17)6-14(15)23-11/h1-6,11H,7-8H2/t11-/m1/s1. The maximum atomic E-state index is 13.5. The van der Waals surface area contributed by atoms with Crippen LogP contribution in [0, 0.1) is 11.6 Å². The van der Waals surface area contributed by atoms with E-state index in [-0.39, 0.29) is 29.6 Å². The van der Waals surface area contributed by atoms with Crippen LogP contribution in [0.3, 0.4) is 0 Å². The molecule has 1 aliphatic rings. The number of halogens is 3. The van der Waals surface area contributed by atoms with E-state index in [1.807, 2.05) is 0 Å². The topological polar surface area (TPSA) is 61.8 Å². The lowest BCUT2D eigenvalue weighted by molar-refractivity contribution is 0.0519. The highest BCUT2D eigenvalue weighted by Gasteiger charge is 2.27. The summed E-state index contributed by atoms with van der Waals surface area (Å²) in [5.41, 5.74) is 0. The number of fused-ring (bicyclic) bond motifs is 1. The zero-order chi connectivity index (χ0) is 17.3. The summed E-state index contributed by atoms with van der Waals surface area (Å²) in [7, 11) is -3.97. The van der Waals surface area contributed by atoms with Crippen molar-refractivity contribution in [3.05, 3.63) is 52.5 Å². The lowest BCUT2D eigenvalue weighted by Crippen LogP contribution is -2.34. The molecule has 128 valence electrons. The number of hydrogen-bond acceptors (Lipinski definition) is 5. The molecule has 0 saturated carbocycles. The molecule has 0 unspecified atom stereocenters. The Bertz CT molecular complexity index is 855. The quantitative estimate of drug-likeness (QED) is 0.710. The Morgan fingerprint density at radius 2 is 1.92 bits per heavy atom. The number of ether oxygens (including phenoxy) is 2. The average Bonchev–Trinajstić information content (AvgIpc) is 2.53. The van der Waals surface area contributed by atoms with Crippen LogP contribution in [0.25, 0.3) is 0 Å². The molecule has 24 heavy (non-hydrogen) atoms. The molecular weight excluding hydrogens is 410 g/mol. The zero-order valence-corrected chi connectivity index (χ0v) is 14.4. The van der Waals surface area contributed by atoms with E-state index in [9.17, 15) is 17.2 Å². The highest BCUT2D eigenvalue weighted by atomic mass is 79.9. The molecule has 0 radical (unpaired) electrons. The summed E-state index contributed by atoms with van der Waals surface area (Å²) >= 11 is 3.21. The van der Waals surface area contributed by atoms with Gasteiger partial charge < -0.3 is 9.47 Å². The molecule has 0 N–H and O–H groups in total. The fourth-order valence-corrected chi connectivity index (χ4v) is 3.27. The summed E-state index contributed by atoms with van der Waals surface area (Å²) in [6, 6.07) is 7.55. The number of benzene rings is 2. The Balaban J connectivity index is 1.68.